The summed E-state index contributed by atoms with van der Waals surface area (Å²) in [7, 11) is 0. The standard InChI is InChI=1S/C25H30N4O3/c1-4-31-22-11-9-19(10-12-22)18(3)26-23(30)20-13-15-29(16-14-20)25-28-27-24(32-25)21-7-5-17(2)6-8-21/h5-12,18,20H,4,13-16H2,1-3H3,(H,26,30). The number of aryl methyl sites for hydroxylation is 1. The molecule has 1 N–H and O–H groups in total. The van der Waals surface area contributed by atoms with Gasteiger partial charge in [-0.05, 0) is 63.4 Å². The molecule has 2 heterocycles. The Morgan fingerprint density at radius 2 is 1.81 bits per heavy atom. The smallest absolute Gasteiger partial charge is 0.318 e. The average molecular weight is 435 g/mol. The van der Waals surface area contributed by atoms with Crippen LogP contribution in [0.25, 0.3) is 11.5 Å². The molecule has 1 atom stereocenters. The molecule has 1 amide bonds. The zero-order valence-electron chi connectivity index (χ0n) is 18.9. The van der Waals surface area contributed by atoms with Gasteiger partial charge in [-0.3, -0.25) is 4.79 Å². The van der Waals surface area contributed by atoms with Crippen LogP contribution in [0.4, 0.5) is 6.01 Å². The van der Waals surface area contributed by atoms with Crippen molar-refractivity contribution in [2.75, 3.05) is 24.6 Å². The van der Waals surface area contributed by atoms with Crippen molar-refractivity contribution in [2.24, 2.45) is 5.92 Å². The molecule has 2 aromatic carbocycles. The predicted molar refractivity (Wildman–Crippen MR) is 124 cm³/mol. The minimum Gasteiger partial charge on any atom is -0.494 e. The number of nitrogens with zero attached hydrogens (tertiary/aromatic N) is 3. The fourth-order valence-corrected chi connectivity index (χ4v) is 3.92. The third-order valence-corrected chi connectivity index (χ3v) is 5.90. The van der Waals surface area contributed by atoms with E-state index in [4.69, 9.17) is 9.15 Å². The Morgan fingerprint density at radius 1 is 1.12 bits per heavy atom. The molecular weight excluding hydrogens is 404 g/mol. The molecule has 4 rings (SSSR count). The van der Waals surface area contributed by atoms with Crippen molar-refractivity contribution in [1.82, 2.24) is 15.5 Å². The molecule has 1 saturated heterocycles. The van der Waals surface area contributed by atoms with Crippen molar-refractivity contribution < 1.29 is 13.9 Å². The van der Waals surface area contributed by atoms with E-state index in [1.54, 1.807) is 0 Å². The van der Waals surface area contributed by atoms with E-state index < -0.39 is 0 Å². The minimum atomic E-state index is -0.0517. The summed E-state index contributed by atoms with van der Waals surface area (Å²) in [6.07, 6.45) is 1.51. The minimum absolute atomic E-state index is 0.0177. The van der Waals surface area contributed by atoms with Gasteiger partial charge in [0.05, 0.1) is 12.6 Å². The normalized spacial score (nSPS) is 15.4. The lowest BCUT2D eigenvalue weighted by Crippen LogP contribution is -2.41. The van der Waals surface area contributed by atoms with Gasteiger partial charge in [0.25, 0.3) is 0 Å². The van der Waals surface area contributed by atoms with Gasteiger partial charge >= 0.3 is 6.01 Å². The van der Waals surface area contributed by atoms with E-state index in [9.17, 15) is 4.79 Å². The molecule has 1 fully saturated rings. The molecule has 7 heteroatoms. The van der Waals surface area contributed by atoms with Crippen molar-refractivity contribution >= 4 is 11.9 Å². The number of nitrogens with one attached hydrogen (secondary N) is 1. The summed E-state index contributed by atoms with van der Waals surface area (Å²) in [5.74, 6) is 1.44. The summed E-state index contributed by atoms with van der Waals surface area (Å²) in [6.45, 7) is 8.08. The van der Waals surface area contributed by atoms with Crippen LogP contribution >= 0.6 is 0 Å². The fraction of sp³-hybridized carbons (Fsp3) is 0.400. The molecule has 0 radical (unpaired) electrons. The zero-order chi connectivity index (χ0) is 22.5. The maximum absolute atomic E-state index is 12.8. The molecule has 3 aromatic rings. The van der Waals surface area contributed by atoms with Crippen LogP contribution in [0.15, 0.2) is 52.9 Å². The number of rotatable bonds is 7. The zero-order valence-corrected chi connectivity index (χ0v) is 18.9. The summed E-state index contributed by atoms with van der Waals surface area (Å²) in [5.41, 5.74) is 3.16. The van der Waals surface area contributed by atoms with E-state index in [2.05, 4.69) is 20.4 Å². The van der Waals surface area contributed by atoms with Crippen LogP contribution in [0.2, 0.25) is 0 Å². The number of hydrogen-bond acceptors (Lipinski definition) is 6. The van der Waals surface area contributed by atoms with Gasteiger partial charge in [-0.1, -0.05) is 34.9 Å². The number of carbonyl (C=O) groups is 1. The van der Waals surface area contributed by atoms with E-state index in [-0.39, 0.29) is 17.9 Å². The Bertz CT molecular complexity index is 1020. The monoisotopic (exact) mass is 434 g/mol. The number of amides is 1. The van der Waals surface area contributed by atoms with Gasteiger partial charge in [0.2, 0.25) is 11.8 Å². The van der Waals surface area contributed by atoms with E-state index in [1.165, 1.54) is 5.56 Å². The van der Waals surface area contributed by atoms with Gasteiger partial charge in [-0.25, -0.2) is 0 Å². The van der Waals surface area contributed by atoms with Gasteiger partial charge < -0.3 is 19.4 Å². The summed E-state index contributed by atoms with van der Waals surface area (Å²) < 4.78 is 11.4. The second kappa shape index (κ2) is 9.85. The topological polar surface area (TPSA) is 80.5 Å². The lowest BCUT2D eigenvalue weighted by Gasteiger charge is -2.30. The lowest BCUT2D eigenvalue weighted by atomic mass is 9.95. The molecular formula is C25H30N4O3. The van der Waals surface area contributed by atoms with Crippen LogP contribution in [-0.2, 0) is 4.79 Å². The van der Waals surface area contributed by atoms with Gasteiger partial charge in [0, 0.05) is 24.6 Å². The molecule has 1 aliphatic heterocycles. The van der Waals surface area contributed by atoms with Crippen LogP contribution in [-0.4, -0.2) is 35.8 Å². The van der Waals surface area contributed by atoms with Crippen molar-refractivity contribution in [3.8, 4) is 17.2 Å². The largest absolute Gasteiger partial charge is 0.494 e. The van der Waals surface area contributed by atoms with E-state index in [0.29, 0.717) is 31.6 Å². The highest BCUT2D eigenvalue weighted by Gasteiger charge is 2.28. The summed E-state index contributed by atoms with van der Waals surface area (Å²) in [5, 5.41) is 11.6. The third-order valence-electron chi connectivity index (χ3n) is 5.90. The molecule has 168 valence electrons. The highest BCUT2D eigenvalue weighted by molar-refractivity contribution is 5.79. The summed E-state index contributed by atoms with van der Waals surface area (Å²) in [4.78, 5) is 14.9. The lowest BCUT2D eigenvalue weighted by molar-refractivity contribution is -0.126. The van der Waals surface area contributed by atoms with E-state index in [1.807, 2.05) is 69.3 Å². The predicted octanol–water partition coefficient (Wildman–Crippen LogP) is 4.54. The summed E-state index contributed by atoms with van der Waals surface area (Å²) >= 11 is 0. The van der Waals surface area contributed by atoms with Gasteiger partial charge in [-0.15, -0.1) is 5.10 Å². The number of hydrogen-bond donors (Lipinski definition) is 1. The first-order valence-electron chi connectivity index (χ1n) is 11.2. The van der Waals surface area contributed by atoms with Gasteiger partial charge in [-0.2, -0.15) is 0 Å². The number of carbonyl (C=O) groups excluding carboxylic acids is 1. The van der Waals surface area contributed by atoms with Crippen molar-refractivity contribution in [1.29, 1.82) is 0 Å². The van der Waals surface area contributed by atoms with Crippen molar-refractivity contribution in [2.45, 2.75) is 39.7 Å². The van der Waals surface area contributed by atoms with Crippen LogP contribution < -0.4 is 15.0 Å². The molecule has 0 saturated carbocycles. The molecule has 1 aromatic heterocycles. The van der Waals surface area contributed by atoms with Crippen LogP contribution in [0.1, 0.15) is 43.9 Å². The maximum Gasteiger partial charge on any atom is 0.318 e. The van der Waals surface area contributed by atoms with Crippen molar-refractivity contribution in [3.05, 3.63) is 59.7 Å². The highest BCUT2D eigenvalue weighted by atomic mass is 16.5. The SMILES string of the molecule is CCOc1ccc(C(C)NC(=O)C2CCN(c3nnc(-c4ccc(C)cc4)o3)CC2)cc1. The number of piperidine rings is 1. The quantitative estimate of drug-likeness (QED) is 0.588. The van der Waals surface area contributed by atoms with Crippen LogP contribution in [0, 0.1) is 12.8 Å². The average Bonchev–Trinajstić information content (AvgIpc) is 3.30. The number of aromatic nitrogens is 2. The first kappa shape index (κ1) is 21.9. The van der Waals surface area contributed by atoms with E-state index in [0.717, 1.165) is 29.7 Å². The Morgan fingerprint density at radius 3 is 2.47 bits per heavy atom. The molecule has 32 heavy (non-hydrogen) atoms. The first-order valence-corrected chi connectivity index (χ1v) is 11.2. The Kier molecular flexibility index (Phi) is 6.73. The molecule has 1 unspecified atom stereocenters. The third kappa shape index (κ3) is 5.10. The number of benzene rings is 2. The Balaban J connectivity index is 1.29. The first-order chi connectivity index (χ1) is 15.5. The molecule has 1 aliphatic rings. The molecule has 0 bridgehead atoms. The highest BCUT2D eigenvalue weighted by Crippen LogP contribution is 2.27. The maximum atomic E-state index is 12.8. The molecule has 0 aliphatic carbocycles. The van der Waals surface area contributed by atoms with Gasteiger partial charge in [0.1, 0.15) is 5.75 Å². The molecule has 7 nitrogen and oxygen atoms in total. The van der Waals surface area contributed by atoms with E-state index >= 15 is 0 Å². The second-order valence-electron chi connectivity index (χ2n) is 8.25. The molecule has 0 spiro atoms. The number of anilines is 1. The summed E-state index contributed by atoms with van der Waals surface area (Å²) in [6, 6.07) is 16.4. The van der Waals surface area contributed by atoms with Crippen LogP contribution in [0.3, 0.4) is 0 Å². The van der Waals surface area contributed by atoms with Crippen molar-refractivity contribution in [3.63, 3.8) is 0 Å². The Labute approximate surface area is 188 Å². The second-order valence-corrected chi connectivity index (χ2v) is 8.25. The van der Waals surface area contributed by atoms with Crippen LogP contribution in [0.5, 0.6) is 5.75 Å². The Hall–Kier alpha value is -3.35. The van der Waals surface area contributed by atoms with Gasteiger partial charge in [0.15, 0.2) is 0 Å². The fourth-order valence-electron chi connectivity index (χ4n) is 3.92. The number of ether oxygens (including phenoxy) is 1.